The molecule has 68 valence electrons. The lowest BCUT2D eigenvalue weighted by Gasteiger charge is -1.92. The molecule has 1 heterocycles. The summed E-state index contributed by atoms with van der Waals surface area (Å²) in [6, 6.07) is 8.99. The summed E-state index contributed by atoms with van der Waals surface area (Å²) >= 11 is 0. The van der Waals surface area contributed by atoms with Crippen molar-refractivity contribution in [3.63, 3.8) is 0 Å². The van der Waals surface area contributed by atoms with Gasteiger partial charge in [-0.15, -0.1) is 0 Å². The number of aromatic nitrogens is 1. The molecule has 3 heteroatoms. The number of aliphatic hydroxyl groups excluding tert-OH is 1. The van der Waals surface area contributed by atoms with Crippen LogP contribution in [-0.2, 0) is 0 Å². The lowest BCUT2D eigenvalue weighted by molar-refractivity contribution is 0.399. The summed E-state index contributed by atoms with van der Waals surface area (Å²) < 4.78 is 0. The Morgan fingerprint density at radius 3 is 2.54 bits per heavy atom. The molecule has 0 unspecified atom stereocenters. The molecular formula is C10H11NO2. The standard InChI is InChI=1S/C9H7NO.CH4O/c11-9-5-6-10-8-4-2-1-3-7(8)9;1-2/h1-6H,(H,10,11);2H,1H3. The third-order valence-electron chi connectivity index (χ3n) is 1.67. The lowest BCUT2D eigenvalue weighted by Crippen LogP contribution is -1.98. The predicted octanol–water partition coefficient (Wildman–Crippen LogP) is 1.14. The van der Waals surface area contributed by atoms with E-state index < -0.39 is 0 Å². The Labute approximate surface area is 75.7 Å². The monoisotopic (exact) mass is 177 g/mol. The average molecular weight is 177 g/mol. The summed E-state index contributed by atoms with van der Waals surface area (Å²) in [5.41, 5.74) is 0.958. The molecule has 0 saturated carbocycles. The zero-order valence-corrected chi connectivity index (χ0v) is 7.32. The summed E-state index contributed by atoms with van der Waals surface area (Å²) in [6.45, 7) is 0. The Kier molecular flexibility index (Phi) is 3.23. The number of aliphatic hydroxyl groups is 1. The van der Waals surface area contributed by atoms with E-state index in [0.717, 1.165) is 18.0 Å². The second kappa shape index (κ2) is 4.42. The summed E-state index contributed by atoms with van der Waals surface area (Å²) in [6.07, 6.45) is 1.66. The Morgan fingerprint density at radius 2 is 1.85 bits per heavy atom. The quantitative estimate of drug-likeness (QED) is 0.634. The summed E-state index contributed by atoms with van der Waals surface area (Å²) in [7, 11) is 1.00. The highest BCUT2D eigenvalue weighted by Gasteiger charge is 1.92. The van der Waals surface area contributed by atoms with Crippen LogP contribution in [0.1, 0.15) is 0 Å². The summed E-state index contributed by atoms with van der Waals surface area (Å²) in [4.78, 5) is 14.2. The maximum Gasteiger partial charge on any atom is 0.189 e. The van der Waals surface area contributed by atoms with Crippen LogP contribution < -0.4 is 5.43 Å². The Bertz CT molecular complexity index is 429. The molecule has 0 saturated heterocycles. The van der Waals surface area contributed by atoms with Crippen LogP contribution in [0.3, 0.4) is 0 Å². The second-order valence-electron chi connectivity index (χ2n) is 2.39. The fourth-order valence-corrected chi connectivity index (χ4v) is 1.12. The number of hydrogen-bond donors (Lipinski definition) is 2. The molecule has 1 aromatic heterocycles. The minimum Gasteiger partial charge on any atom is -0.400 e. The first kappa shape index (κ1) is 9.48. The molecule has 0 radical (unpaired) electrons. The van der Waals surface area contributed by atoms with Crippen molar-refractivity contribution >= 4 is 10.9 Å². The minimum atomic E-state index is 0.0688. The van der Waals surface area contributed by atoms with Crippen molar-refractivity contribution in [2.45, 2.75) is 0 Å². The highest BCUT2D eigenvalue weighted by atomic mass is 16.2. The van der Waals surface area contributed by atoms with Gasteiger partial charge in [0.2, 0.25) is 0 Å². The zero-order chi connectivity index (χ0) is 9.68. The van der Waals surface area contributed by atoms with Gasteiger partial charge < -0.3 is 10.1 Å². The van der Waals surface area contributed by atoms with Gasteiger partial charge in [0.1, 0.15) is 0 Å². The van der Waals surface area contributed by atoms with Crippen molar-refractivity contribution in [1.29, 1.82) is 0 Å². The number of para-hydroxylation sites is 1. The van der Waals surface area contributed by atoms with Crippen LogP contribution in [0.25, 0.3) is 10.9 Å². The van der Waals surface area contributed by atoms with E-state index in [1.165, 1.54) is 6.07 Å². The van der Waals surface area contributed by atoms with Gasteiger partial charge in [-0.3, -0.25) is 4.79 Å². The number of pyridine rings is 1. The first-order chi connectivity index (χ1) is 6.38. The number of rotatable bonds is 0. The molecule has 2 rings (SSSR count). The average Bonchev–Trinajstić information content (AvgIpc) is 2.22. The fraction of sp³-hybridized carbons (Fsp3) is 0.100. The van der Waals surface area contributed by atoms with Gasteiger partial charge in [0, 0.05) is 30.3 Å². The molecule has 0 spiro atoms. The van der Waals surface area contributed by atoms with E-state index in [0.29, 0.717) is 0 Å². The number of H-pyrrole nitrogens is 1. The molecule has 0 aliphatic heterocycles. The van der Waals surface area contributed by atoms with Gasteiger partial charge in [-0.2, -0.15) is 0 Å². The van der Waals surface area contributed by atoms with E-state index in [9.17, 15) is 4.79 Å². The van der Waals surface area contributed by atoms with Gasteiger partial charge in [0.15, 0.2) is 5.43 Å². The number of nitrogens with one attached hydrogen (secondary N) is 1. The molecular weight excluding hydrogens is 166 g/mol. The highest BCUT2D eigenvalue weighted by molar-refractivity contribution is 5.77. The SMILES string of the molecule is CO.O=c1cc[nH]c2ccccc12. The third kappa shape index (κ3) is 1.95. The Morgan fingerprint density at radius 1 is 1.15 bits per heavy atom. The summed E-state index contributed by atoms with van der Waals surface area (Å²) in [5, 5.41) is 7.75. The molecule has 0 fully saturated rings. The largest absolute Gasteiger partial charge is 0.400 e. The molecule has 2 aromatic rings. The maximum absolute atomic E-state index is 11.2. The normalized spacial score (nSPS) is 9.08. The zero-order valence-electron chi connectivity index (χ0n) is 7.32. The first-order valence-electron chi connectivity index (χ1n) is 3.89. The van der Waals surface area contributed by atoms with Crippen molar-refractivity contribution in [3.8, 4) is 0 Å². The van der Waals surface area contributed by atoms with Crippen molar-refractivity contribution in [2.75, 3.05) is 7.11 Å². The second-order valence-corrected chi connectivity index (χ2v) is 2.39. The number of fused-ring (bicyclic) bond motifs is 1. The molecule has 1 aromatic carbocycles. The van der Waals surface area contributed by atoms with Crippen LogP contribution in [-0.4, -0.2) is 17.2 Å². The first-order valence-corrected chi connectivity index (χ1v) is 3.89. The maximum atomic E-state index is 11.2. The molecule has 0 aliphatic rings. The van der Waals surface area contributed by atoms with Crippen LogP contribution in [0.2, 0.25) is 0 Å². The van der Waals surface area contributed by atoms with E-state index in [-0.39, 0.29) is 5.43 Å². The Balaban J connectivity index is 0.000000396. The van der Waals surface area contributed by atoms with Crippen LogP contribution >= 0.6 is 0 Å². The van der Waals surface area contributed by atoms with E-state index in [1.54, 1.807) is 6.20 Å². The van der Waals surface area contributed by atoms with Crippen LogP contribution in [0.4, 0.5) is 0 Å². The smallest absolute Gasteiger partial charge is 0.189 e. The van der Waals surface area contributed by atoms with Gasteiger partial charge in [-0.05, 0) is 12.1 Å². The van der Waals surface area contributed by atoms with Crippen LogP contribution in [0.5, 0.6) is 0 Å². The Hall–Kier alpha value is -1.61. The molecule has 0 aliphatic carbocycles. The number of aromatic amines is 1. The van der Waals surface area contributed by atoms with Crippen molar-refractivity contribution in [1.82, 2.24) is 4.98 Å². The molecule has 0 atom stereocenters. The molecule has 3 nitrogen and oxygen atoms in total. The van der Waals surface area contributed by atoms with Gasteiger partial charge in [0.05, 0.1) is 0 Å². The number of hydrogen-bond acceptors (Lipinski definition) is 2. The van der Waals surface area contributed by atoms with Gasteiger partial charge in [-0.1, -0.05) is 12.1 Å². The van der Waals surface area contributed by atoms with E-state index >= 15 is 0 Å². The lowest BCUT2D eigenvalue weighted by atomic mass is 10.2. The van der Waals surface area contributed by atoms with Gasteiger partial charge in [0.25, 0.3) is 0 Å². The molecule has 2 N–H and O–H groups in total. The van der Waals surface area contributed by atoms with Gasteiger partial charge in [-0.25, -0.2) is 0 Å². The van der Waals surface area contributed by atoms with Crippen molar-refractivity contribution in [3.05, 3.63) is 46.8 Å². The molecule has 13 heavy (non-hydrogen) atoms. The van der Waals surface area contributed by atoms with Crippen LogP contribution in [0.15, 0.2) is 41.3 Å². The van der Waals surface area contributed by atoms with Gasteiger partial charge >= 0.3 is 0 Å². The minimum absolute atomic E-state index is 0.0688. The molecule has 0 amide bonds. The van der Waals surface area contributed by atoms with Crippen molar-refractivity contribution < 1.29 is 5.11 Å². The van der Waals surface area contributed by atoms with E-state index in [4.69, 9.17) is 5.11 Å². The third-order valence-corrected chi connectivity index (χ3v) is 1.67. The topological polar surface area (TPSA) is 53.1 Å². The van der Waals surface area contributed by atoms with Crippen LogP contribution in [0, 0.1) is 0 Å². The molecule has 0 bridgehead atoms. The van der Waals surface area contributed by atoms with E-state index in [2.05, 4.69) is 4.98 Å². The summed E-state index contributed by atoms with van der Waals surface area (Å²) in [5.74, 6) is 0. The fourth-order valence-electron chi connectivity index (χ4n) is 1.12. The highest BCUT2D eigenvalue weighted by Crippen LogP contribution is 2.03. The number of benzene rings is 1. The van der Waals surface area contributed by atoms with E-state index in [1.807, 2.05) is 24.3 Å². The van der Waals surface area contributed by atoms with Crippen molar-refractivity contribution in [2.24, 2.45) is 0 Å². The predicted molar refractivity (Wildman–Crippen MR) is 52.7 cm³/mol.